The molecule has 1 heterocycles. The van der Waals surface area contributed by atoms with E-state index >= 15 is 0 Å². The first-order valence-electron chi connectivity index (χ1n) is 5.22. The fraction of sp³-hybridized carbons (Fsp3) is 0.667. The number of alkyl halides is 8. The Morgan fingerprint density at radius 2 is 1.55 bits per heavy atom. The third-order valence-corrected chi connectivity index (χ3v) is 2.36. The lowest BCUT2D eigenvalue weighted by atomic mass is 10.1. The fourth-order valence-electron chi connectivity index (χ4n) is 1.49. The number of hydrogen-bond acceptors (Lipinski definition) is 2. The molecule has 0 bridgehead atoms. The van der Waals surface area contributed by atoms with Crippen LogP contribution in [0.25, 0.3) is 0 Å². The van der Waals surface area contributed by atoms with Gasteiger partial charge in [-0.1, -0.05) is 6.92 Å². The van der Waals surface area contributed by atoms with Crippen molar-refractivity contribution in [2.75, 3.05) is 5.73 Å². The molecule has 1 rings (SSSR count). The van der Waals surface area contributed by atoms with E-state index in [1.807, 2.05) is 0 Å². The third kappa shape index (κ3) is 2.66. The molecule has 0 amide bonds. The molecule has 2 N–H and O–H groups in total. The highest BCUT2D eigenvalue weighted by Crippen LogP contribution is 2.49. The van der Waals surface area contributed by atoms with Gasteiger partial charge in [-0.15, -0.1) is 0 Å². The molecular formula is C9H9F8N3. The van der Waals surface area contributed by atoms with E-state index in [1.54, 1.807) is 0 Å². The van der Waals surface area contributed by atoms with Crippen molar-refractivity contribution in [3.05, 3.63) is 11.3 Å². The second-order valence-electron chi connectivity index (χ2n) is 3.90. The van der Waals surface area contributed by atoms with Crippen LogP contribution in [0.1, 0.15) is 24.6 Å². The highest BCUT2D eigenvalue weighted by atomic mass is 19.4. The van der Waals surface area contributed by atoms with Gasteiger partial charge < -0.3 is 5.73 Å². The molecule has 1 aromatic heterocycles. The van der Waals surface area contributed by atoms with E-state index in [4.69, 9.17) is 5.73 Å². The molecule has 0 aliphatic heterocycles. The Balaban J connectivity index is 3.58. The van der Waals surface area contributed by atoms with Gasteiger partial charge in [0.1, 0.15) is 11.4 Å². The molecule has 0 spiro atoms. The Morgan fingerprint density at radius 1 is 1.05 bits per heavy atom. The molecule has 0 radical (unpaired) electrons. The number of hydrogen-bond donors (Lipinski definition) is 1. The molecule has 0 atom stereocenters. The molecule has 0 unspecified atom stereocenters. The predicted molar refractivity (Wildman–Crippen MR) is 51.9 cm³/mol. The number of aromatic nitrogens is 2. The van der Waals surface area contributed by atoms with Gasteiger partial charge in [-0.25, -0.2) is 4.68 Å². The van der Waals surface area contributed by atoms with Crippen molar-refractivity contribution >= 4 is 5.82 Å². The van der Waals surface area contributed by atoms with Gasteiger partial charge in [-0.3, -0.25) is 0 Å². The van der Waals surface area contributed by atoms with E-state index in [2.05, 4.69) is 5.10 Å². The maximum absolute atomic E-state index is 13.1. The lowest BCUT2D eigenvalue weighted by molar-refractivity contribution is -0.292. The SMILES string of the molecule is CCCn1nc(C(F)(F)C(F)(F)F)c(C(F)(F)F)c1N. The van der Waals surface area contributed by atoms with Gasteiger partial charge in [0.05, 0.1) is 0 Å². The molecular weight excluding hydrogens is 302 g/mol. The maximum Gasteiger partial charge on any atom is 0.459 e. The summed E-state index contributed by atoms with van der Waals surface area (Å²) < 4.78 is 101. The highest BCUT2D eigenvalue weighted by molar-refractivity contribution is 5.47. The maximum atomic E-state index is 13.1. The van der Waals surface area contributed by atoms with Crippen molar-refractivity contribution in [1.29, 1.82) is 0 Å². The van der Waals surface area contributed by atoms with E-state index in [-0.39, 0.29) is 17.6 Å². The normalized spacial score (nSPS) is 13.8. The molecule has 0 aliphatic rings. The first kappa shape index (κ1) is 16.5. The number of nitrogen functional groups attached to an aromatic ring is 1. The minimum Gasteiger partial charge on any atom is -0.383 e. The molecule has 3 nitrogen and oxygen atoms in total. The third-order valence-electron chi connectivity index (χ3n) is 2.36. The van der Waals surface area contributed by atoms with Gasteiger partial charge in [0, 0.05) is 6.54 Å². The van der Waals surface area contributed by atoms with Gasteiger partial charge in [-0.05, 0) is 6.42 Å². The summed E-state index contributed by atoms with van der Waals surface area (Å²) in [5, 5.41) is 2.71. The van der Waals surface area contributed by atoms with Crippen LogP contribution in [0.3, 0.4) is 0 Å². The lowest BCUT2D eigenvalue weighted by Gasteiger charge is -2.19. The molecule has 0 aliphatic carbocycles. The summed E-state index contributed by atoms with van der Waals surface area (Å²) in [6.07, 6.45) is -11.5. The average Bonchev–Trinajstić information content (AvgIpc) is 2.55. The van der Waals surface area contributed by atoms with Crippen molar-refractivity contribution in [2.24, 2.45) is 0 Å². The number of nitrogens with zero attached hydrogens (tertiary/aromatic N) is 2. The van der Waals surface area contributed by atoms with Crippen LogP contribution in [0, 0.1) is 0 Å². The van der Waals surface area contributed by atoms with E-state index in [9.17, 15) is 35.1 Å². The lowest BCUT2D eigenvalue weighted by Crippen LogP contribution is -2.36. The minimum atomic E-state index is -6.20. The number of rotatable bonds is 3. The van der Waals surface area contributed by atoms with Crippen molar-refractivity contribution in [1.82, 2.24) is 9.78 Å². The summed E-state index contributed by atoms with van der Waals surface area (Å²) >= 11 is 0. The first-order chi connectivity index (χ1) is 8.84. The first-order valence-corrected chi connectivity index (χ1v) is 5.22. The van der Waals surface area contributed by atoms with E-state index in [0.717, 1.165) is 0 Å². The van der Waals surface area contributed by atoms with Gasteiger partial charge in [0.25, 0.3) is 0 Å². The zero-order valence-electron chi connectivity index (χ0n) is 9.91. The summed E-state index contributed by atoms with van der Waals surface area (Å²) in [6, 6.07) is 0. The van der Waals surface area contributed by atoms with Crippen LogP contribution >= 0.6 is 0 Å². The van der Waals surface area contributed by atoms with Crippen LogP contribution in [-0.2, 0) is 18.6 Å². The summed E-state index contributed by atoms with van der Waals surface area (Å²) in [7, 11) is 0. The zero-order chi connectivity index (χ0) is 15.9. The average molecular weight is 311 g/mol. The molecule has 0 saturated heterocycles. The number of nitrogens with two attached hydrogens (primary N) is 1. The number of halogens is 8. The van der Waals surface area contributed by atoms with Gasteiger partial charge in [-0.2, -0.15) is 40.2 Å². The molecule has 1 aromatic rings. The summed E-state index contributed by atoms with van der Waals surface area (Å²) in [5.41, 5.74) is 0.313. The molecule has 116 valence electrons. The van der Waals surface area contributed by atoms with Crippen LogP contribution in [0.5, 0.6) is 0 Å². The summed E-state index contributed by atoms with van der Waals surface area (Å²) in [5.74, 6) is -7.01. The zero-order valence-corrected chi connectivity index (χ0v) is 9.91. The van der Waals surface area contributed by atoms with Crippen LogP contribution in [0.4, 0.5) is 40.9 Å². The Morgan fingerprint density at radius 3 is 1.90 bits per heavy atom. The van der Waals surface area contributed by atoms with Crippen molar-refractivity contribution < 1.29 is 35.1 Å². The second kappa shape index (κ2) is 4.77. The van der Waals surface area contributed by atoms with Crippen LogP contribution in [0.15, 0.2) is 0 Å². The monoisotopic (exact) mass is 311 g/mol. The standard InChI is InChI=1S/C9H9F8N3/c1-2-3-20-6(18)4(8(12,13)14)5(19-20)7(10,11)9(15,16)17/h2-3,18H2,1H3. The van der Waals surface area contributed by atoms with Crippen molar-refractivity contribution in [3.8, 4) is 0 Å². The van der Waals surface area contributed by atoms with Crippen molar-refractivity contribution in [2.45, 2.75) is 38.2 Å². The van der Waals surface area contributed by atoms with E-state index in [1.165, 1.54) is 6.92 Å². The highest BCUT2D eigenvalue weighted by Gasteiger charge is 2.64. The van der Waals surface area contributed by atoms with Crippen LogP contribution in [0.2, 0.25) is 0 Å². The van der Waals surface area contributed by atoms with E-state index in [0.29, 0.717) is 0 Å². The van der Waals surface area contributed by atoms with Crippen molar-refractivity contribution in [3.63, 3.8) is 0 Å². The molecule has 0 aromatic carbocycles. The Labute approximate surface area is 107 Å². The van der Waals surface area contributed by atoms with Crippen LogP contribution < -0.4 is 5.73 Å². The Bertz CT molecular complexity index is 485. The molecule has 11 heteroatoms. The van der Waals surface area contributed by atoms with E-state index < -0.39 is 35.4 Å². The Kier molecular flexibility index (Phi) is 3.94. The summed E-state index contributed by atoms with van der Waals surface area (Å²) in [4.78, 5) is 0. The number of aryl methyl sites for hydroxylation is 1. The molecule has 0 fully saturated rings. The quantitative estimate of drug-likeness (QED) is 0.868. The van der Waals surface area contributed by atoms with Crippen LogP contribution in [-0.4, -0.2) is 16.0 Å². The molecule has 20 heavy (non-hydrogen) atoms. The second-order valence-corrected chi connectivity index (χ2v) is 3.90. The fourth-order valence-corrected chi connectivity index (χ4v) is 1.49. The smallest absolute Gasteiger partial charge is 0.383 e. The summed E-state index contributed by atoms with van der Waals surface area (Å²) in [6.45, 7) is 1.15. The van der Waals surface area contributed by atoms with Gasteiger partial charge in [0.2, 0.25) is 0 Å². The van der Waals surface area contributed by atoms with Gasteiger partial charge >= 0.3 is 18.3 Å². The van der Waals surface area contributed by atoms with Gasteiger partial charge in [0.15, 0.2) is 5.69 Å². The topological polar surface area (TPSA) is 43.8 Å². The predicted octanol–water partition coefficient (Wildman–Crippen LogP) is 3.55. The minimum absolute atomic E-state index is 0.153. The largest absolute Gasteiger partial charge is 0.459 e. The number of anilines is 1. The Hall–Kier alpha value is -1.55. The molecule has 0 saturated carbocycles.